The van der Waals surface area contributed by atoms with Crippen LogP contribution in [-0.2, 0) is 15.6 Å². The lowest BCUT2D eigenvalue weighted by Gasteiger charge is -2.28. The molecule has 32 heavy (non-hydrogen) atoms. The number of alkyl halides is 3. The maximum absolute atomic E-state index is 12.9. The number of phenols is 1. The van der Waals surface area contributed by atoms with Crippen LogP contribution in [0.5, 0.6) is 11.5 Å². The Morgan fingerprint density at radius 1 is 0.875 bits per heavy atom. The summed E-state index contributed by atoms with van der Waals surface area (Å²) in [7, 11) is 0. The van der Waals surface area contributed by atoms with Crippen molar-refractivity contribution in [3.63, 3.8) is 0 Å². The smallest absolute Gasteiger partial charge is 0.430 e. The van der Waals surface area contributed by atoms with Gasteiger partial charge in [0.25, 0.3) is 0 Å². The number of phenolic OH excluding ortho intramolecular Hbond substituents is 1. The Morgan fingerprint density at radius 2 is 1.38 bits per heavy atom. The molecular weight excluding hydrogens is 421 g/mol. The standard InChI is InChI=1S/C15H15F3O3.C10H14O/c1-14(2,3)9-4-5-11-8(6-9)7-10(13(19)20)12(21-11)15(16,17)18;1-10(2,3)8-4-6-9(11)7-5-8/h4-7,12H,1-3H3,(H,19,20);4-7,11H,1-3H3. The van der Waals surface area contributed by atoms with Gasteiger partial charge in [-0.15, -0.1) is 0 Å². The van der Waals surface area contributed by atoms with Crippen LogP contribution in [0.25, 0.3) is 6.08 Å². The Morgan fingerprint density at radius 3 is 1.81 bits per heavy atom. The molecule has 0 saturated carbocycles. The van der Waals surface area contributed by atoms with Crippen molar-refractivity contribution in [1.82, 2.24) is 0 Å². The lowest BCUT2D eigenvalue weighted by molar-refractivity contribution is -0.187. The van der Waals surface area contributed by atoms with E-state index in [-0.39, 0.29) is 16.6 Å². The van der Waals surface area contributed by atoms with E-state index in [2.05, 4.69) is 20.8 Å². The molecule has 1 heterocycles. The number of carboxylic acids is 1. The molecule has 3 rings (SSSR count). The van der Waals surface area contributed by atoms with Gasteiger partial charge in [0.15, 0.2) is 0 Å². The van der Waals surface area contributed by atoms with Crippen LogP contribution in [0, 0.1) is 0 Å². The molecule has 0 amide bonds. The Hall–Kier alpha value is -2.96. The Labute approximate surface area is 186 Å². The van der Waals surface area contributed by atoms with E-state index >= 15 is 0 Å². The number of ether oxygens (including phenoxy) is 1. The molecule has 0 saturated heterocycles. The van der Waals surface area contributed by atoms with Gasteiger partial charge in [-0.05, 0) is 52.3 Å². The van der Waals surface area contributed by atoms with E-state index in [9.17, 15) is 18.0 Å². The van der Waals surface area contributed by atoms with Crippen LogP contribution in [0.3, 0.4) is 0 Å². The van der Waals surface area contributed by atoms with E-state index in [1.54, 1.807) is 24.3 Å². The number of carboxylic acid groups (broad SMARTS) is 1. The molecule has 0 aliphatic carbocycles. The number of benzene rings is 2. The van der Waals surface area contributed by atoms with Crippen molar-refractivity contribution >= 4 is 12.0 Å². The molecule has 2 aromatic rings. The van der Waals surface area contributed by atoms with Crippen LogP contribution in [0.2, 0.25) is 0 Å². The number of carbonyl (C=O) groups is 1. The van der Waals surface area contributed by atoms with Gasteiger partial charge in [0, 0.05) is 5.56 Å². The van der Waals surface area contributed by atoms with Gasteiger partial charge < -0.3 is 14.9 Å². The van der Waals surface area contributed by atoms with Gasteiger partial charge >= 0.3 is 12.1 Å². The lowest BCUT2D eigenvalue weighted by atomic mass is 9.85. The zero-order valence-electron chi connectivity index (χ0n) is 19.0. The van der Waals surface area contributed by atoms with Crippen molar-refractivity contribution in [2.75, 3.05) is 0 Å². The second-order valence-electron chi connectivity index (χ2n) is 9.74. The number of aliphatic carboxylic acids is 1. The van der Waals surface area contributed by atoms with Crippen molar-refractivity contribution in [3.05, 3.63) is 64.7 Å². The van der Waals surface area contributed by atoms with Gasteiger partial charge in [-0.2, -0.15) is 13.2 Å². The first-order valence-corrected chi connectivity index (χ1v) is 10.1. The summed E-state index contributed by atoms with van der Waals surface area (Å²) in [5.41, 5.74) is 1.65. The van der Waals surface area contributed by atoms with E-state index < -0.39 is 23.8 Å². The van der Waals surface area contributed by atoms with Crippen molar-refractivity contribution in [3.8, 4) is 11.5 Å². The van der Waals surface area contributed by atoms with Gasteiger partial charge in [0.1, 0.15) is 11.5 Å². The molecule has 2 aromatic carbocycles. The first-order chi connectivity index (χ1) is 14.5. The fourth-order valence-electron chi connectivity index (χ4n) is 3.05. The largest absolute Gasteiger partial charge is 0.508 e. The van der Waals surface area contributed by atoms with Crippen LogP contribution in [0.15, 0.2) is 48.0 Å². The summed E-state index contributed by atoms with van der Waals surface area (Å²) in [6.45, 7) is 12.3. The molecule has 0 radical (unpaired) electrons. The molecule has 1 aliphatic heterocycles. The van der Waals surface area contributed by atoms with Crippen LogP contribution >= 0.6 is 0 Å². The molecule has 1 unspecified atom stereocenters. The van der Waals surface area contributed by atoms with Gasteiger partial charge in [0.2, 0.25) is 6.10 Å². The monoisotopic (exact) mass is 450 g/mol. The second-order valence-corrected chi connectivity index (χ2v) is 9.74. The van der Waals surface area contributed by atoms with Crippen LogP contribution < -0.4 is 4.74 Å². The van der Waals surface area contributed by atoms with Crippen LogP contribution in [0.1, 0.15) is 58.2 Å². The molecule has 1 aliphatic rings. The predicted octanol–water partition coefficient (Wildman–Crippen LogP) is 6.47. The molecule has 1 atom stereocenters. The summed E-state index contributed by atoms with van der Waals surface area (Å²) in [6.07, 6.45) is -6.18. The molecule has 0 fully saturated rings. The van der Waals surface area contributed by atoms with Crippen molar-refractivity contribution in [2.45, 2.75) is 64.7 Å². The highest BCUT2D eigenvalue weighted by molar-refractivity contribution is 5.95. The minimum absolute atomic E-state index is 0.0373. The molecule has 0 spiro atoms. The van der Waals surface area contributed by atoms with Gasteiger partial charge in [-0.25, -0.2) is 4.79 Å². The third kappa shape index (κ3) is 6.28. The third-order valence-electron chi connectivity index (χ3n) is 4.99. The van der Waals surface area contributed by atoms with Crippen LogP contribution in [0.4, 0.5) is 13.2 Å². The summed E-state index contributed by atoms with van der Waals surface area (Å²) in [6, 6.07) is 12.1. The first-order valence-electron chi connectivity index (χ1n) is 10.1. The fraction of sp³-hybridized carbons (Fsp3) is 0.400. The van der Waals surface area contributed by atoms with Gasteiger partial charge in [0.05, 0.1) is 5.57 Å². The summed E-state index contributed by atoms with van der Waals surface area (Å²) in [5.74, 6) is -1.27. The SMILES string of the molecule is CC(C)(C)c1ccc(O)cc1.CC(C)(C)c1ccc2c(c1)C=C(C(=O)O)C(C(F)(F)F)O2. The van der Waals surface area contributed by atoms with E-state index in [1.807, 2.05) is 32.9 Å². The Bertz CT molecular complexity index is 992. The molecule has 174 valence electrons. The maximum Gasteiger partial charge on any atom is 0.430 e. The Kier molecular flexibility index (Phi) is 7.02. The minimum Gasteiger partial charge on any atom is -0.508 e. The highest BCUT2D eigenvalue weighted by Crippen LogP contribution is 2.39. The average Bonchev–Trinajstić information content (AvgIpc) is 2.65. The Balaban J connectivity index is 0.000000278. The molecule has 0 aromatic heterocycles. The highest BCUT2D eigenvalue weighted by Gasteiger charge is 2.48. The van der Waals surface area contributed by atoms with E-state index in [1.165, 1.54) is 11.6 Å². The summed E-state index contributed by atoms with van der Waals surface area (Å²) >= 11 is 0. The van der Waals surface area contributed by atoms with E-state index in [0.29, 0.717) is 11.3 Å². The van der Waals surface area contributed by atoms with Crippen molar-refractivity contribution in [1.29, 1.82) is 0 Å². The molecule has 4 nitrogen and oxygen atoms in total. The zero-order valence-corrected chi connectivity index (χ0v) is 19.0. The zero-order chi connectivity index (χ0) is 24.5. The van der Waals surface area contributed by atoms with Crippen LogP contribution in [-0.4, -0.2) is 28.5 Å². The molecule has 7 heteroatoms. The van der Waals surface area contributed by atoms with E-state index in [4.69, 9.17) is 14.9 Å². The summed E-state index contributed by atoms with van der Waals surface area (Å²) in [5, 5.41) is 18.0. The fourth-order valence-corrected chi connectivity index (χ4v) is 3.05. The highest BCUT2D eigenvalue weighted by atomic mass is 19.4. The number of rotatable bonds is 1. The third-order valence-corrected chi connectivity index (χ3v) is 4.99. The molecular formula is C25H29F3O4. The van der Waals surface area contributed by atoms with Gasteiger partial charge in [-0.3, -0.25) is 0 Å². The number of halogens is 3. The second kappa shape index (κ2) is 8.88. The number of hydrogen-bond donors (Lipinski definition) is 2. The lowest BCUT2D eigenvalue weighted by Crippen LogP contribution is -2.40. The maximum atomic E-state index is 12.9. The number of aromatic hydroxyl groups is 1. The molecule has 0 bridgehead atoms. The average molecular weight is 450 g/mol. The number of hydrogen-bond acceptors (Lipinski definition) is 3. The van der Waals surface area contributed by atoms with Gasteiger partial charge in [-0.1, -0.05) is 59.7 Å². The minimum atomic E-state index is -4.77. The predicted molar refractivity (Wildman–Crippen MR) is 118 cm³/mol. The first kappa shape index (κ1) is 25.3. The normalized spacial score (nSPS) is 16.2. The summed E-state index contributed by atoms with van der Waals surface area (Å²) < 4.78 is 43.5. The van der Waals surface area contributed by atoms with Crippen molar-refractivity contribution < 1.29 is 32.9 Å². The van der Waals surface area contributed by atoms with E-state index in [0.717, 1.165) is 11.6 Å². The quantitative estimate of drug-likeness (QED) is 0.523. The summed E-state index contributed by atoms with van der Waals surface area (Å²) in [4.78, 5) is 11.1. The molecule has 2 N–H and O–H groups in total. The topological polar surface area (TPSA) is 66.8 Å². The van der Waals surface area contributed by atoms with Crippen molar-refractivity contribution in [2.24, 2.45) is 0 Å². The number of fused-ring (bicyclic) bond motifs is 1.